The van der Waals surface area contributed by atoms with Crippen LogP contribution in [-0.2, 0) is 14.4 Å². The zero-order valence-corrected chi connectivity index (χ0v) is 21.2. The fraction of sp³-hybridized carbons (Fsp3) is 0.207. The fourth-order valence-corrected chi connectivity index (χ4v) is 4.85. The first-order valence-corrected chi connectivity index (χ1v) is 12.1. The Bertz CT molecular complexity index is 1460. The molecule has 2 amide bonds. The average molecular weight is 514 g/mol. The number of hydrogen-bond donors (Lipinski definition) is 2. The SMILES string of the molecule is COc1ccccc1C1/C(=C(\O)c2ccc3c(c2)N(C)CCO3)C(=O)C(=O)N1c1ccc(NC(C)=O)cc1. The van der Waals surface area contributed by atoms with E-state index < -0.39 is 17.7 Å². The van der Waals surface area contributed by atoms with Gasteiger partial charge in [0.1, 0.15) is 23.9 Å². The van der Waals surface area contributed by atoms with Crippen LogP contribution in [0.2, 0.25) is 0 Å². The normalized spacial score (nSPS) is 18.1. The molecule has 1 fully saturated rings. The summed E-state index contributed by atoms with van der Waals surface area (Å²) in [6.45, 7) is 2.63. The predicted octanol–water partition coefficient (Wildman–Crippen LogP) is 4.11. The summed E-state index contributed by atoms with van der Waals surface area (Å²) in [5.41, 5.74) is 2.63. The van der Waals surface area contributed by atoms with E-state index in [1.165, 1.54) is 18.9 Å². The summed E-state index contributed by atoms with van der Waals surface area (Å²) in [5, 5.41) is 14.2. The number of ether oxygens (including phenoxy) is 2. The molecule has 0 bridgehead atoms. The number of amides is 2. The molecule has 1 atom stereocenters. The van der Waals surface area contributed by atoms with Crippen molar-refractivity contribution < 1.29 is 29.0 Å². The monoisotopic (exact) mass is 513 g/mol. The highest BCUT2D eigenvalue weighted by molar-refractivity contribution is 6.51. The molecule has 1 saturated heterocycles. The first-order chi connectivity index (χ1) is 18.3. The van der Waals surface area contributed by atoms with Gasteiger partial charge in [0.25, 0.3) is 11.7 Å². The number of benzene rings is 3. The Morgan fingerprint density at radius 1 is 1.08 bits per heavy atom. The number of methoxy groups -OCH3 is 1. The second-order valence-electron chi connectivity index (χ2n) is 9.09. The van der Waals surface area contributed by atoms with Gasteiger partial charge in [-0.25, -0.2) is 0 Å². The van der Waals surface area contributed by atoms with Crippen LogP contribution in [0.25, 0.3) is 5.76 Å². The van der Waals surface area contributed by atoms with Crippen LogP contribution >= 0.6 is 0 Å². The highest BCUT2D eigenvalue weighted by Crippen LogP contribution is 2.45. The molecule has 1 unspecified atom stereocenters. The topological polar surface area (TPSA) is 108 Å². The molecule has 38 heavy (non-hydrogen) atoms. The molecule has 2 N–H and O–H groups in total. The van der Waals surface area contributed by atoms with Crippen molar-refractivity contribution in [3.05, 3.63) is 83.4 Å². The fourth-order valence-electron chi connectivity index (χ4n) is 4.85. The maximum absolute atomic E-state index is 13.5. The number of hydrogen-bond acceptors (Lipinski definition) is 7. The maximum atomic E-state index is 13.5. The lowest BCUT2D eigenvalue weighted by molar-refractivity contribution is -0.132. The Labute approximate surface area is 219 Å². The molecule has 2 heterocycles. The minimum atomic E-state index is -0.956. The Morgan fingerprint density at radius 2 is 1.82 bits per heavy atom. The van der Waals surface area contributed by atoms with Crippen molar-refractivity contribution in [3.8, 4) is 11.5 Å². The summed E-state index contributed by atoms with van der Waals surface area (Å²) in [6, 6.07) is 17.9. The molecule has 5 rings (SSSR count). The van der Waals surface area contributed by atoms with Crippen molar-refractivity contribution in [2.75, 3.05) is 42.4 Å². The Morgan fingerprint density at radius 3 is 2.53 bits per heavy atom. The van der Waals surface area contributed by atoms with Crippen LogP contribution in [0.15, 0.2) is 72.3 Å². The van der Waals surface area contributed by atoms with E-state index in [1.54, 1.807) is 66.7 Å². The number of aliphatic hydroxyl groups excluding tert-OH is 1. The number of carbonyl (C=O) groups excluding carboxylic acids is 3. The molecule has 2 aliphatic rings. The highest BCUT2D eigenvalue weighted by Gasteiger charge is 2.48. The smallest absolute Gasteiger partial charge is 0.300 e. The lowest BCUT2D eigenvalue weighted by atomic mass is 9.94. The molecule has 0 aromatic heterocycles. The largest absolute Gasteiger partial charge is 0.507 e. The number of rotatable bonds is 5. The van der Waals surface area contributed by atoms with Crippen molar-refractivity contribution in [2.24, 2.45) is 0 Å². The first kappa shape index (κ1) is 24.9. The number of ketones is 1. The average Bonchev–Trinajstić information content (AvgIpc) is 3.18. The number of fused-ring (bicyclic) bond motifs is 1. The number of aliphatic hydroxyl groups is 1. The number of likely N-dealkylation sites (N-methyl/N-ethyl adjacent to an activating group) is 1. The van der Waals surface area contributed by atoms with Crippen LogP contribution in [0.1, 0.15) is 24.1 Å². The van der Waals surface area contributed by atoms with Gasteiger partial charge in [-0.1, -0.05) is 18.2 Å². The number of nitrogens with one attached hydrogen (secondary N) is 1. The van der Waals surface area contributed by atoms with Gasteiger partial charge in [-0.3, -0.25) is 19.3 Å². The number of Topliss-reactive ketones (excluding diaryl/α,β-unsaturated/α-hetero) is 1. The van der Waals surface area contributed by atoms with Gasteiger partial charge in [0.05, 0.1) is 31.0 Å². The second-order valence-corrected chi connectivity index (χ2v) is 9.09. The molecule has 194 valence electrons. The van der Waals surface area contributed by atoms with Crippen LogP contribution < -0.4 is 24.6 Å². The highest BCUT2D eigenvalue weighted by atomic mass is 16.5. The van der Waals surface area contributed by atoms with Crippen molar-refractivity contribution in [1.29, 1.82) is 0 Å². The number of anilines is 3. The van der Waals surface area contributed by atoms with Gasteiger partial charge in [-0.05, 0) is 48.5 Å². The van der Waals surface area contributed by atoms with E-state index in [0.29, 0.717) is 47.2 Å². The zero-order valence-electron chi connectivity index (χ0n) is 21.2. The van der Waals surface area contributed by atoms with Crippen molar-refractivity contribution in [2.45, 2.75) is 13.0 Å². The minimum Gasteiger partial charge on any atom is -0.507 e. The molecule has 0 spiro atoms. The van der Waals surface area contributed by atoms with Gasteiger partial charge in [0, 0.05) is 36.5 Å². The number of nitrogens with zero attached hydrogens (tertiary/aromatic N) is 2. The van der Waals surface area contributed by atoms with Gasteiger partial charge >= 0.3 is 0 Å². The van der Waals surface area contributed by atoms with Gasteiger partial charge in [-0.2, -0.15) is 0 Å². The van der Waals surface area contributed by atoms with Crippen LogP contribution in [0.4, 0.5) is 17.1 Å². The molecule has 9 heteroatoms. The summed E-state index contributed by atoms with van der Waals surface area (Å²) in [5.74, 6) is -0.980. The molecule has 9 nitrogen and oxygen atoms in total. The van der Waals surface area contributed by atoms with E-state index in [2.05, 4.69) is 5.32 Å². The zero-order chi connectivity index (χ0) is 27.0. The summed E-state index contributed by atoms with van der Waals surface area (Å²) in [6.07, 6.45) is 0. The van der Waals surface area contributed by atoms with Crippen LogP contribution in [0.3, 0.4) is 0 Å². The molecular formula is C29H27N3O6. The Balaban J connectivity index is 1.68. The standard InChI is InChI=1S/C29H27N3O6/c1-17(33)30-19-9-11-20(12-10-19)32-26(21-6-4-5-7-23(21)37-3)25(28(35)29(32)36)27(34)18-8-13-24-22(16-18)31(2)14-15-38-24/h4-13,16,26,34H,14-15H2,1-3H3,(H,30,33)/b27-25+. The predicted molar refractivity (Wildman–Crippen MR) is 144 cm³/mol. The Hall–Kier alpha value is -4.79. The summed E-state index contributed by atoms with van der Waals surface area (Å²) in [4.78, 5) is 41.8. The van der Waals surface area contributed by atoms with Gasteiger partial charge < -0.3 is 24.8 Å². The van der Waals surface area contributed by atoms with E-state index >= 15 is 0 Å². The quantitative estimate of drug-likeness (QED) is 0.300. The van der Waals surface area contributed by atoms with E-state index in [0.717, 1.165) is 5.69 Å². The van der Waals surface area contributed by atoms with E-state index in [1.807, 2.05) is 11.9 Å². The van der Waals surface area contributed by atoms with Crippen LogP contribution in [0, 0.1) is 0 Å². The first-order valence-electron chi connectivity index (χ1n) is 12.1. The van der Waals surface area contributed by atoms with Crippen molar-refractivity contribution in [1.82, 2.24) is 0 Å². The van der Waals surface area contributed by atoms with Crippen molar-refractivity contribution >= 4 is 40.4 Å². The molecule has 3 aromatic carbocycles. The molecular weight excluding hydrogens is 486 g/mol. The lowest BCUT2D eigenvalue weighted by Gasteiger charge is -2.28. The second kappa shape index (κ2) is 9.93. The summed E-state index contributed by atoms with van der Waals surface area (Å²) in [7, 11) is 3.43. The van der Waals surface area contributed by atoms with Gasteiger partial charge in [0.15, 0.2) is 0 Å². The Kier molecular flexibility index (Phi) is 6.50. The molecule has 2 aliphatic heterocycles. The number of carbonyl (C=O) groups is 3. The maximum Gasteiger partial charge on any atom is 0.300 e. The van der Waals surface area contributed by atoms with Gasteiger partial charge in [-0.15, -0.1) is 0 Å². The minimum absolute atomic E-state index is 0.0511. The third kappa shape index (κ3) is 4.32. The van der Waals surface area contributed by atoms with E-state index in [-0.39, 0.29) is 17.2 Å². The van der Waals surface area contributed by atoms with E-state index in [4.69, 9.17) is 9.47 Å². The van der Waals surface area contributed by atoms with Crippen LogP contribution in [-0.4, -0.2) is 50.0 Å². The molecule has 0 aliphatic carbocycles. The number of para-hydroxylation sites is 1. The van der Waals surface area contributed by atoms with Crippen LogP contribution in [0.5, 0.6) is 11.5 Å². The molecule has 0 radical (unpaired) electrons. The van der Waals surface area contributed by atoms with Crippen molar-refractivity contribution in [3.63, 3.8) is 0 Å². The summed E-state index contributed by atoms with van der Waals surface area (Å²) < 4.78 is 11.3. The third-order valence-corrected chi connectivity index (χ3v) is 6.67. The van der Waals surface area contributed by atoms with E-state index in [9.17, 15) is 19.5 Å². The lowest BCUT2D eigenvalue weighted by Crippen LogP contribution is -2.29. The summed E-state index contributed by atoms with van der Waals surface area (Å²) >= 11 is 0. The molecule has 3 aromatic rings. The third-order valence-electron chi connectivity index (χ3n) is 6.67. The molecule has 0 saturated carbocycles. The van der Waals surface area contributed by atoms with Gasteiger partial charge in [0.2, 0.25) is 5.91 Å².